The number of aryl methyl sites for hydroxylation is 1. The highest BCUT2D eigenvalue weighted by Crippen LogP contribution is 2.35. The molecule has 4 aromatic rings. The van der Waals surface area contributed by atoms with Crippen LogP contribution in [0.25, 0.3) is 22.8 Å². The standard InChI is InChI=1S/C24H22ClN7O4/c1-12-20(9-17-16-8-14(25)5-6-18(16)29-23(17)34)28-13(2)21(12)24(35)27-10-15(33)11-36-32-22-19(30-31-32)4-3-7-26-22/h3-9,15,28,33H,10-11H2,1-2H3,(H,27,35)(H,29,34)/b17-9-. The van der Waals surface area contributed by atoms with E-state index in [2.05, 4.69) is 30.9 Å². The highest BCUT2D eigenvalue weighted by molar-refractivity contribution is 6.36. The molecule has 1 unspecified atom stereocenters. The fourth-order valence-electron chi connectivity index (χ4n) is 4.05. The molecule has 1 aliphatic heterocycles. The number of aromatic amines is 1. The molecule has 0 aliphatic carbocycles. The minimum atomic E-state index is -0.999. The normalized spacial score (nSPS) is 14.7. The third kappa shape index (κ3) is 4.41. The highest BCUT2D eigenvalue weighted by Gasteiger charge is 2.26. The van der Waals surface area contributed by atoms with E-state index >= 15 is 0 Å². The van der Waals surface area contributed by atoms with Crippen LogP contribution in [0, 0.1) is 13.8 Å². The molecule has 4 heterocycles. The van der Waals surface area contributed by atoms with Crippen LogP contribution in [0.3, 0.4) is 0 Å². The number of carbonyl (C=O) groups excluding carboxylic acids is 2. The lowest BCUT2D eigenvalue weighted by atomic mass is 10.0. The fourth-order valence-corrected chi connectivity index (χ4v) is 4.23. The number of amides is 2. The van der Waals surface area contributed by atoms with Gasteiger partial charge in [0.2, 0.25) is 5.65 Å². The molecule has 5 rings (SSSR count). The van der Waals surface area contributed by atoms with Crippen LogP contribution in [-0.4, -0.2) is 61.3 Å². The number of aromatic nitrogens is 5. The summed E-state index contributed by atoms with van der Waals surface area (Å²) in [5.74, 6) is -0.611. The van der Waals surface area contributed by atoms with Crippen LogP contribution in [0.4, 0.5) is 5.69 Å². The second kappa shape index (κ2) is 9.44. The van der Waals surface area contributed by atoms with E-state index in [0.29, 0.717) is 55.5 Å². The van der Waals surface area contributed by atoms with Crippen molar-refractivity contribution in [2.75, 3.05) is 18.5 Å². The predicted molar refractivity (Wildman–Crippen MR) is 133 cm³/mol. The Morgan fingerprint density at radius 2 is 2.17 bits per heavy atom. The lowest BCUT2D eigenvalue weighted by Gasteiger charge is -2.13. The number of hydrogen-bond donors (Lipinski definition) is 4. The molecule has 0 spiro atoms. The van der Waals surface area contributed by atoms with E-state index in [4.69, 9.17) is 16.4 Å². The minimum absolute atomic E-state index is 0.0480. The number of fused-ring (bicyclic) bond motifs is 2. The number of halogens is 1. The Balaban J connectivity index is 1.26. The first-order valence-corrected chi connectivity index (χ1v) is 11.5. The lowest BCUT2D eigenvalue weighted by molar-refractivity contribution is -0.110. The summed E-state index contributed by atoms with van der Waals surface area (Å²) in [5, 5.41) is 24.1. The molecule has 2 amide bonds. The number of aliphatic hydroxyl groups excluding tert-OH is 1. The maximum absolute atomic E-state index is 12.9. The van der Waals surface area contributed by atoms with E-state index in [1.165, 1.54) is 0 Å². The van der Waals surface area contributed by atoms with E-state index < -0.39 is 6.10 Å². The second-order valence-corrected chi connectivity index (χ2v) is 8.77. The number of H-pyrrole nitrogens is 1. The zero-order valence-corrected chi connectivity index (χ0v) is 20.1. The quantitative estimate of drug-likeness (QED) is 0.280. The fraction of sp³-hybridized carbons (Fsp3) is 0.208. The molecule has 0 saturated heterocycles. The van der Waals surface area contributed by atoms with Gasteiger partial charge in [0.1, 0.15) is 18.2 Å². The number of carbonyl (C=O) groups is 2. The molecule has 0 radical (unpaired) electrons. The van der Waals surface area contributed by atoms with Gasteiger partial charge in [-0.05, 0) is 61.0 Å². The number of pyridine rings is 1. The molecular formula is C24H22ClN7O4. The number of nitrogens with zero attached hydrogens (tertiary/aromatic N) is 4. The summed E-state index contributed by atoms with van der Waals surface area (Å²) in [6.07, 6.45) is 2.29. The lowest BCUT2D eigenvalue weighted by Crippen LogP contribution is -2.37. The van der Waals surface area contributed by atoms with Crippen LogP contribution in [0.5, 0.6) is 0 Å². The number of aliphatic hydroxyl groups is 1. The number of hydrogen-bond acceptors (Lipinski definition) is 7. The van der Waals surface area contributed by atoms with Crippen molar-refractivity contribution in [2.45, 2.75) is 20.0 Å². The third-order valence-electron chi connectivity index (χ3n) is 5.82. The summed E-state index contributed by atoms with van der Waals surface area (Å²) in [5.41, 5.74) is 5.19. The Hall–Kier alpha value is -4.22. The van der Waals surface area contributed by atoms with Gasteiger partial charge in [-0.1, -0.05) is 16.4 Å². The summed E-state index contributed by atoms with van der Waals surface area (Å²) < 4.78 is 0. The van der Waals surface area contributed by atoms with Crippen molar-refractivity contribution in [2.24, 2.45) is 0 Å². The van der Waals surface area contributed by atoms with Crippen LogP contribution in [0.1, 0.15) is 32.9 Å². The van der Waals surface area contributed by atoms with Gasteiger partial charge >= 0.3 is 0 Å². The molecule has 1 aromatic carbocycles. The molecular weight excluding hydrogens is 486 g/mol. The Labute approximate surface area is 210 Å². The first kappa shape index (κ1) is 23.5. The highest BCUT2D eigenvalue weighted by atomic mass is 35.5. The molecule has 11 nitrogen and oxygen atoms in total. The van der Waals surface area contributed by atoms with Gasteiger partial charge in [-0.3, -0.25) is 9.59 Å². The van der Waals surface area contributed by atoms with Gasteiger partial charge in [0, 0.05) is 40.4 Å². The smallest absolute Gasteiger partial charge is 0.256 e. The predicted octanol–water partition coefficient (Wildman–Crippen LogP) is 2.14. The first-order chi connectivity index (χ1) is 17.3. The minimum Gasteiger partial charge on any atom is -0.391 e. The van der Waals surface area contributed by atoms with E-state index in [9.17, 15) is 14.7 Å². The monoisotopic (exact) mass is 507 g/mol. The molecule has 1 aliphatic rings. The Morgan fingerprint density at radius 3 is 3.00 bits per heavy atom. The molecule has 12 heteroatoms. The van der Waals surface area contributed by atoms with Crippen LogP contribution in [0.15, 0.2) is 36.5 Å². The topological polar surface area (TPSA) is 147 Å². The van der Waals surface area contributed by atoms with Gasteiger partial charge in [0.05, 0.1) is 11.1 Å². The maximum atomic E-state index is 12.9. The van der Waals surface area contributed by atoms with Gasteiger partial charge < -0.3 is 25.6 Å². The van der Waals surface area contributed by atoms with Gasteiger partial charge in [-0.25, -0.2) is 4.98 Å². The van der Waals surface area contributed by atoms with Crippen LogP contribution in [0.2, 0.25) is 5.02 Å². The van der Waals surface area contributed by atoms with E-state index in [0.717, 1.165) is 4.85 Å². The number of rotatable bonds is 7. The van der Waals surface area contributed by atoms with Gasteiger partial charge in [0.15, 0.2) is 0 Å². The van der Waals surface area contributed by atoms with E-state index in [-0.39, 0.29) is 25.0 Å². The third-order valence-corrected chi connectivity index (χ3v) is 6.06. The van der Waals surface area contributed by atoms with Crippen molar-refractivity contribution in [1.82, 2.24) is 30.4 Å². The van der Waals surface area contributed by atoms with Crippen LogP contribution >= 0.6 is 11.6 Å². The molecule has 0 bridgehead atoms. The van der Waals surface area contributed by atoms with Crippen LogP contribution < -0.4 is 15.5 Å². The van der Waals surface area contributed by atoms with Crippen molar-refractivity contribution in [3.8, 4) is 0 Å². The molecule has 184 valence electrons. The summed E-state index contributed by atoms with van der Waals surface area (Å²) >= 11 is 6.11. The molecule has 0 saturated carbocycles. The van der Waals surface area contributed by atoms with Crippen LogP contribution in [-0.2, 0) is 4.79 Å². The summed E-state index contributed by atoms with van der Waals surface area (Å²) in [6, 6.07) is 8.65. The van der Waals surface area contributed by atoms with E-state index in [1.54, 1.807) is 56.5 Å². The van der Waals surface area contributed by atoms with Gasteiger partial charge in [-0.2, -0.15) is 0 Å². The molecule has 4 N–H and O–H groups in total. The number of benzene rings is 1. The van der Waals surface area contributed by atoms with E-state index in [1.807, 2.05) is 0 Å². The Bertz CT molecular complexity index is 1520. The van der Waals surface area contributed by atoms with Crippen molar-refractivity contribution < 1.29 is 19.5 Å². The maximum Gasteiger partial charge on any atom is 0.256 e. The summed E-state index contributed by atoms with van der Waals surface area (Å²) in [4.78, 5) is 39.3. The Kier molecular flexibility index (Phi) is 6.17. The number of nitrogens with one attached hydrogen (secondary N) is 3. The molecule has 36 heavy (non-hydrogen) atoms. The van der Waals surface area contributed by atoms with Crippen molar-refractivity contribution >= 4 is 51.9 Å². The largest absolute Gasteiger partial charge is 0.391 e. The van der Waals surface area contributed by atoms with Gasteiger partial charge in [-0.15, -0.1) is 5.10 Å². The summed E-state index contributed by atoms with van der Waals surface area (Å²) in [7, 11) is 0. The molecule has 3 aromatic heterocycles. The second-order valence-electron chi connectivity index (χ2n) is 8.33. The van der Waals surface area contributed by atoms with Crippen molar-refractivity contribution in [3.63, 3.8) is 0 Å². The van der Waals surface area contributed by atoms with Crippen molar-refractivity contribution in [1.29, 1.82) is 0 Å². The zero-order chi connectivity index (χ0) is 25.4. The molecule has 1 atom stereocenters. The molecule has 0 fully saturated rings. The average molecular weight is 508 g/mol. The summed E-state index contributed by atoms with van der Waals surface area (Å²) in [6.45, 7) is 3.38. The average Bonchev–Trinajstić information content (AvgIpc) is 3.50. The van der Waals surface area contributed by atoms with Gasteiger partial charge in [0.25, 0.3) is 11.8 Å². The zero-order valence-electron chi connectivity index (χ0n) is 19.4. The van der Waals surface area contributed by atoms with Crippen molar-refractivity contribution in [3.05, 3.63) is 69.6 Å². The Morgan fingerprint density at radius 1 is 1.33 bits per heavy atom. The number of anilines is 1. The first-order valence-electron chi connectivity index (χ1n) is 11.1. The SMILES string of the molecule is Cc1[nH]c(/C=C2\C(=O)Nc3ccc(Cl)cc32)c(C)c1C(=O)NCC(O)COn1nnc2cccnc21.